The molecule has 146 valence electrons. The molecule has 0 bridgehead atoms. The summed E-state index contributed by atoms with van der Waals surface area (Å²) in [5, 5.41) is 2.92. The molecular weight excluding hydrogens is 350 g/mol. The lowest BCUT2D eigenvalue weighted by atomic mass is 9.87. The van der Waals surface area contributed by atoms with Crippen molar-refractivity contribution in [1.29, 1.82) is 0 Å². The van der Waals surface area contributed by atoms with Crippen LogP contribution in [0.15, 0.2) is 48.5 Å². The van der Waals surface area contributed by atoms with E-state index in [1.54, 1.807) is 18.7 Å². The van der Waals surface area contributed by atoms with Crippen LogP contribution in [0.5, 0.6) is 0 Å². The highest BCUT2D eigenvalue weighted by atomic mass is 16.2. The molecule has 0 spiro atoms. The van der Waals surface area contributed by atoms with Crippen molar-refractivity contribution in [3.8, 4) is 0 Å². The fourth-order valence-electron chi connectivity index (χ4n) is 4.48. The Labute approximate surface area is 166 Å². The molecule has 0 saturated carbocycles. The molecule has 5 heteroatoms. The highest BCUT2D eigenvalue weighted by Gasteiger charge is 2.43. The van der Waals surface area contributed by atoms with Crippen LogP contribution in [-0.2, 0) is 16.0 Å². The SMILES string of the molecule is CN(CC(=O)N1c2ccccc2NC(=O)C1(C)C)[C@H]1CCCc2ccccc21. The van der Waals surface area contributed by atoms with Gasteiger partial charge in [-0.25, -0.2) is 0 Å². The van der Waals surface area contributed by atoms with Crippen LogP contribution in [0.3, 0.4) is 0 Å². The van der Waals surface area contributed by atoms with Crippen LogP contribution < -0.4 is 10.2 Å². The van der Waals surface area contributed by atoms with Gasteiger partial charge in [-0.05, 0) is 63.4 Å². The maximum Gasteiger partial charge on any atom is 0.250 e. The highest BCUT2D eigenvalue weighted by Crippen LogP contribution is 2.38. The number of fused-ring (bicyclic) bond motifs is 2. The maximum absolute atomic E-state index is 13.4. The summed E-state index contributed by atoms with van der Waals surface area (Å²) in [4.78, 5) is 29.8. The summed E-state index contributed by atoms with van der Waals surface area (Å²) in [6.45, 7) is 3.86. The fourth-order valence-corrected chi connectivity index (χ4v) is 4.48. The Morgan fingerprint density at radius 2 is 1.89 bits per heavy atom. The molecule has 2 aromatic rings. The number of para-hydroxylation sites is 2. The molecule has 1 aliphatic carbocycles. The van der Waals surface area contributed by atoms with Gasteiger partial charge in [0, 0.05) is 6.04 Å². The molecule has 1 atom stereocenters. The van der Waals surface area contributed by atoms with E-state index < -0.39 is 5.54 Å². The van der Waals surface area contributed by atoms with E-state index in [2.05, 4.69) is 34.5 Å². The average Bonchev–Trinajstić information content (AvgIpc) is 2.68. The Kier molecular flexibility index (Phi) is 4.71. The largest absolute Gasteiger partial charge is 0.322 e. The van der Waals surface area contributed by atoms with Gasteiger partial charge in [0.05, 0.1) is 17.9 Å². The van der Waals surface area contributed by atoms with E-state index >= 15 is 0 Å². The van der Waals surface area contributed by atoms with E-state index in [4.69, 9.17) is 0 Å². The zero-order valence-electron chi connectivity index (χ0n) is 16.7. The predicted octanol–water partition coefficient (Wildman–Crippen LogP) is 3.76. The molecule has 2 amide bonds. The van der Waals surface area contributed by atoms with Crippen molar-refractivity contribution in [2.75, 3.05) is 23.8 Å². The summed E-state index contributed by atoms with van der Waals surface area (Å²) in [6, 6.07) is 16.2. The van der Waals surface area contributed by atoms with E-state index in [0.29, 0.717) is 5.69 Å². The van der Waals surface area contributed by atoms with Crippen molar-refractivity contribution < 1.29 is 9.59 Å². The summed E-state index contributed by atoms with van der Waals surface area (Å²) in [5.74, 6) is -0.219. The Balaban J connectivity index is 1.61. The van der Waals surface area contributed by atoms with Crippen LogP contribution in [0.4, 0.5) is 11.4 Å². The number of amides is 2. The van der Waals surface area contributed by atoms with Crippen LogP contribution in [0, 0.1) is 0 Å². The van der Waals surface area contributed by atoms with Crippen molar-refractivity contribution in [3.05, 3.63) is 59.7 Å². The van der Waals surface area contributed by atoms with Crippen molar-refractivity contribution in [2.45, 2.75) is 44.7 Å². The standard InChI is InChI=1S/C23H27N3O2/c1-23(2)22(28)24-18-12-6-7-13-20(18)26(23)21(27)15-25(3)19-14-8-10-16-9-4-5-11-17(16)19/h4-7,9,11-13,19H,8,10,14-15H2,1-3H3,(H,24,28)/t19-/m0/s1. The molecule has 2 aliphatic rings. The zero-order chi connectivity index (χ0) is 19.9. The molecule has 5 nitrogen and oxygen atoms in total. The number of anilines is 2. The number of benzene rings is 2. The zero-order valence-corrected chi connectivity index (χ0v) is 16.7. The summed E-state index contributed by atoms with van der Waals surface area (Å²) < 4.78 is 0. The second kappa shape index (κ2) is 7.06. The molecule has 0 unspecified atom stereocenters. The lowest BCUT2D eigenvalue weighted by molar-refractivity contribution is -0.127. The summed E-state index contributed by atoms with van der Waals surface area (Å²) >= 11 is 0. The molecule has 1 aliphatic heterocycles. The Hall–Kier alpha value is -2.66. The highest BCUT2D eigenvalue weighted by molar-refractivity contribution is 6.14. The number of carbonyl (C=O) groups excluding carboxylic acids is 2. The van der Waals surface area contributed by atoms with Crippen molar-refractivity contribution in [3.63, 3.8) is 0 Å². The van der Waals surface area contributed by atoms with Gasteiger partial charge in [0.15, 0.2) is 0 Å². The predicted molar refractivity (Wildman–Crippen MR) is 111 cm³/mol. The van der Waals surface area contributed by atoms with Crippen molar-refractivity contribution >= 4 is 23.2 Å². The third-order valence-electron chi connectivity index (χ3n) is 6.01. The van der Waals surface area contributed by atoms with Crippen LogP contribution >= 0.6 is 0 Å². The normalized spacial score (nSPS) is 20.4. The minimum Gasteiger partial charge on any atom is -0.322 e. The molecule has 1 N–H and O–H groups in total. The van der Waals surface area contributed by atoms with Gasteiger partial charge in [-0.3, -0.25) is 19.4 Å². The third kappa shape index (κ3) is 3.10. The molecule has 2 aromatic carbocycles. The lowest BCUT2D eigenvalue weighted by Crippen LogP contribution is -2.60. The van der Waals surface area contributed by atoms with Gasteiger partial charge in [0.2, 0.25) is 11.8 Å². The molecule has 0 fully saturated rings. The van der Waals surface area contributed by atoms with Gasteiger partial charge in [0.25, 0.3) is 0 Å². The first-order valence-corrected chi connectivity index (χ1v) is 9.91. The first-order chi connectivity index (χ1) is 13.4. The quantitative estimate of drug-likeness (QED) is 0.886. The molecule has 0 aromatic heterocycles. The Bertz CT molecular complexity index is 922. The number of nitrogens with one attached hydrogen (secondary N) is 1. The van der Waals surface area contributed by atoms with Crippen LogP contribution in [-0.4, -0.2) is 35.8 Å². The van der Waals surface area contributed by atoms with Gasteiger partial charge < -0.3 is 5.32 Å². The maximum atomic E-state index is 13.4. The summed E-state index contributed by atoms with van der Waals surface area (Å²) in [6.07, 6.45) is 3.27. The number of carbonyl (C=O) groups is 2. The average molecular weight is 377 g/mol. The molecule has 0 saturated heterocycles. The number of aryl methyl sites for hydroxylation is 1. The molecule has 4 rings (SSSR count). The first-order valence-electron chi connectivity index (χ1n) is 9.91. The minimum absolute atomic E-state index is 0.0575. The van der Waals surface area contributed by atoms with E-state index in [1.165, 1.54) is 11.1 Å². The Morgan fingerprint density at radius 3 is 2.71 bits per heavy atom. The summed E-state index contributed by atoms with van der Waals surface area (Å²) in [7, 11) is 2.01. The number of hydrogen-bond acceptors (Lipinski definition) is 3. The van der Waals surface area contributed by atoms with Gasteiger partial charge in [-0.2, -0.15) is 0 Å². The van der Waals surface area contributed by atoms with E-state index in [1.807, 2.05) is 31.3 Å². The number of hydrogen-bond donors (Lipinski definition) is 1. The first kappa shape index (κ1) is 18.7. The fraction of sp³-hybridized carbons (Fsp3) is 0.391. The topological polar surface area (TPSA) is 52.7 Å². The van der Waals surface area contributed by atoms with Gasteiger partial charge in [0.1, 0.15) is 5.54 Å². The number of likely N-dealkylation sites (N-methyl/N-ethyl adjacent to an activating group) is 1. The number of rotatable bonds is 3. The molecule has 1 heterocycles. The van der Waals surface area contributed by atoms with E-state index in [0.717, 1.165) is 24.9 Å². The number of nitrogens with zero attached hydrogens (tertiary/aromatic N) is 2. The molecular formula is C23H27N3O2. The molecule has 28 heavy (non-hydrogen) atoms. The van der Waals surface area contributed by atoms with Gasteiger partial charge >= 0.3 is 0 Å². The Morgan fingerprint density at radius 1 is 1.18 bits per heavy atom. The third-order valence-corrected chi connectivity index (χ3v) is 6.01. The van der Waals surface area contributed by atoms with Gasteiger partial charge in [-0.15, -0.1) is 0 Å². The smallest absolute Gasteiger partial charge is 0.250 e. The second-order valence-corrected chi connectivity index (χ2v) is 8.28. The van der Waals surface area contributed by atoms with Gasteiger partial charge in [-0.1, -0.05) is 36.4 Å². The van der Waals surface area contributed by atoms with Crippen molar-refractivity contribution in [1.82, 2.24) is 4.90 Å². The lowest BCUT2D eigenvalue weighted by Gasteiger charge is -2.43. The minimum atomic E-state index is -0.934. The van der Waals surface area contributed by atoms with Crippen LogP contribution in [0.2, 0.25) is 0 Å². The molecule has 0 radical (unpaired) electrons. The van der Waals surface area contributed by atoms with Crippen LogP contribution in [0.1, 0.15) is 43.9 Å². The van der Waals surface area contributed by atoms with E-state index in [-0.39, 0.29) is 24.4 Å². The van der Waals surface area contributed by atoms with Crippen LogP contribution in [0.25, 0.3) is 0 Å². The monoisotopic (exact) mass is 377 g/mol. The second-order valence-electron chi connectivity index (χ2n) is 8.28. The van der Waals surface area contributed by atoms with E-state index in [9.17, 15) is 9.59 Å². The van der Waals surface area contributed by atoms with Crippen molar-refractivity contribution in [2.24, 2.45) is 0 Å². The summed E-state index contributed by atoms with van der Waals surface area (Å²) in [5.41, 5.74) is 3.21.